The number of rotatable bonds is 7. The van der Waals surface area contributed by atoms with E-state index < -0.39 is 0 Å². The van der Waals surface area contributed by atoms with Crippen molar-refractivity contribution in [2.45, 2.75) is 13.0 Å². The van der Waals surface area contributed by atoms with Gasteiger partial charge in [-0.1, -0.05) is 30.3 Å². The van der Waals surface area contributed by atoms with E-state index in [0.29, 0.717) is 0 Å². The molecule has 0 saturated heterocycles. The summed E-state index contributed by atoms with van der Waals surface area (Å²) in [6.07, 6.45) is 0.812. The lowest BCUT2D eigenvalue weighted by Gasteiger charge is -2.14. The van der Waals surface area contributed by atoms with E-state index in [0.717, 1.165) is 42.5 Å². The molecule has 2 aromatic rings. The van der Waals surface area contributed by atoms with Crippen molar-refractivity contribution in [1.82, 2.24) is 10.6 Å². The van der Waals surface area contributed by atoms with E-state index in [1.165, 1.54) is 5.56 Å². The number of hydrogen-bond acceptors (Lipinski definition) is 3. The van der Waals surface area contributed by atoms with E-state index in [2.05, 4.69) is 27.8 Å². The highest BCUT2D eigenvalue weighted by molar-refractivity contribution is 14.0. The quantitative estimate of drug-likeness (QED) is 0.383. The number of nitrogens with one attached hydrogen (secondary N) is 2. The minimum absolute atomic E-state index is 0. The van der Waals surface area contributed by atoms with Crippen LogP contribution in [0.5, 0.6) is 11.5 Å². The van der Waals surface area contributed by atoms with Crippen molar-refractivity contribution < 1.29 is 9.47 Å². The van der Waals surface area contributed by atoms with E-state index >= 15 is 0 Å². The Morgan fingerprint density at radius 1 is 1.00 bits per heavy atom. The maximum Gasteiger partial charge on any atom is 0.191 e. The van der Waals surface area contributed by atoms with E-state index in [1.54, 1.807) is 21.3 Å². The third kappa shape index (κ3) is 6.81. The van der Waals surface area contributed by atoms with Gasteiger partial charge >= 0.3 is 0 Å². The van der Waals surface area contributed by atoms with Crippen LogP contribution < -0.4 is 20.1 Å². The average molecular weight is 455 g/mol. The van der Waals surface area contributed by atoms with Gasteiger partial charge in [0.2, 0.25) is 0 Å². The van der Waals surface area contributed by atoms with Crippen LogP contribution in [0.4, 0.5) is 0 Å². The summed E-state index contributed by atoms with van der Waals surface area (Å²) in [5, 5.41) is 6.63. The van der Waals surface area contributed by atoms with Crippen molar-refractivity contribution in [1.29, 1.82) is 0 Å². The Morgan fingerprint density at radius 3 is 2.40 bits per heavy atom. The first kappa shape index (κ1) is 21.1. The monoisotopic (exact) mass is 455 g/mol. The van der Waals surface area contributed by atoms with Crippen molar-refractivity contribution in [2.24, 2.45) is 4.99 Å². The summed E-state index contributed by atoms with van der Waals surface area (Å²) in [5.74, 6) is 2.47. The average Bonchev–Trinajstić information content (AvgIpc) is 2.65. The molecule has 6 heteroatoms. The number of hydrogen-bond donors (Lipinski definition) is 2. The zero-order valence-corrected chi connectivity index (χ0v) is 17.2. The number of benzene rings is 2. The van der Waals surface area contributed by atoms with Gasteiger partial charge in [-0.05, 0) is 35.7 Å². The summed E-state index contributed by atoms with van der Waals surface area (Å²) in [7, 11) is 5.12. The zero-order valence-electron chi connectivity index (χ0n) is 14.9. The summed E-state index contributed by atoms with van der Waals surface area (Å²) in [6.45, 7) is 1.49. The summed E-state index contributed by atoms with van der Waals surface area (Å²) in [6, 6.07) is 16.1. The predicted octanol–water partition coefficient (Wildman–Crippen LogP) is 3.23. The second kappa shape index (κ2) is 11.6. The molecule has 2 rings (SSSR count). The van der Waals surface area contributed by atoms with Gasteiger partial charge < -0.3 is 20.1 Å². The molecule has 0 fully saturated rings. The van der Waals surface area contributed by atoms with Crippen molar-refractivity contribution in [2.75, 3.05) is 27.8 Å². The number of nitrogens with zero attached hydrogens (tertiary/aromatic N) is 1. The molecule has 0 aliphatic rings. The van der Waals surface area contributed by atoms with Crippen LogP contribution in [0.2, 0.25) is 0 Å². The standard InChI is InChI=1S/C19H25N3O2.HI/c1-20-19(22-14-15-7-5-4-6-8-15)21-12-11-16-13-17(23-2)9-10-18(16)24-3;/h4-10,13H,11-12,14H2,1-3H3,(H2,20,21,22);1H. The van der Waals surface area contributed by atoms with Crippen LogP contribution in [-0.2, 0) is 13.0 Å². The molecule has 136 valence electrons. The molecule has 0 aliphatic carbocycles. The number of halogens is 1. The lowest BCUT2D eigenvalue weighted by atomic mass is 10.1. The van der Waals surface area contributed by atoms with Gasteiger partial charge in [-0.3, -0.25) is 4.99 Å². The Labute approximate surface area is 166 Å². The molecule has 2 aromatic carbocycles. The van der Waals surface area contributed by atoms with Crippen molar-refractivity contribution in [3.8, 4) is 11.5 Å². The van der Waals surface area contributed by atoms with Gasteiger partial charge in [0, 0.05) is 20.1 Å². The van der Waals surface area contributed by atoms with E-state index in [-0.39, 0.29) is 24.0 Å². The van der Waals surface area contributed by atoms with Gasteiger partial charge in [-0.15, -0.1) is 24.0 Å². The van der Waals surface area contributed by atoms with E-state index in [1.807, 2.05) is 36.4 Å². The van der Waals surface area contributed by atoms with Crippen molar-refractivity contribution in [3.05, 3.63) is 59.7 Å². The predicted molar refractivity (Wildman–Crippen MR) is 113 cm³/mol. The molecule has 0 saturated carbocycles. The summed E-state index contributed by atoms with van der Waals surface area (Å²) in [4.78, 5) is 4.25. The molecule has 0 bridgehead atoms. The van der Waals surface area contributed by atoms with E-state index in [9.17, 15) is 0 Å². The maximum atomic E-state index is 5.40. The van der Waals surface area contributed by atoms with Gasteiger partial charge in [-0.25, -0.2) is 0 Å². The van der Waals surface area contributed by atoms with Gasteiger partial charge in [0.15, 0.2) is 5.96 Å². The van der Waals surface area contributed by atoms with Crippen LogP contribution in [0.1, 0.15) is 11.1 Å². The molecule has 0 radical (unpaired) electrons. The van der Waals surface area contributed by atoms with Crippen molar-refractivity contribution >= 4 is 29.9 Å². The normalized spacial score (nSPS) is 10.6. The molecule has 0 aromatic heterocycles. The van der Waals surface area contributed by atoms with Gasteiger partial charge in [0.05, 0.1) is 14.2 Å². The van der Waals surface area contributed by atoms with Crippen molar-refractivity contribution in [3.63, 3.8) is 0 Å². The first-order valence-electron chi connectivity index (χ1n) is 7.96. The number of aliphatic imine (C=N–C) groups is 1. The summed E-state index contributed by atoms with van der Waals surface area (Å²) >= 11 is 0. The first-order chi connectivity index (χ1) is 11.8. The Morgan fingerprint density at radius 2 is 1.76 bits per heavy atom. The molecule has 0 amide bonds. The molecular weight excluding hydrogens is 429 g/mol. The second-order valence-corrected chi connectivity index (χ2v) is 5.27. The third-order valence-electron chi connectivity index (χ3n) is 3.70. The zero-order chi connectivity index (χ0) is 17.2. The smallest absolute Gasteiger partial charge is 0.191 e. The number of methoxy groups -OCH3 is 2. The highest BCUT2D eigenvalue weighted by Crippen LogP contribution is 2.24. The molecule has 5 nitrogen and oxygen atoms in total. The minimum atomic E-state index is 0. The van der Waals surface area contributed by atoms with Gasteiger partial charge in [0.25, 0.3) is 0 Å². The van der Waals surface area contributed by atoms with Gasteiger partial charge in [-0.2, -0.15) is 0 Å². The molecule has 0 aliphatic heterocycles. The van der Waals surface area contributed by atoms with E-state index in [4.69, 9.17) is 9.47 Å². The lowest BCUT2D eigenvalue weighted by molar-refractivity contribution is 0.398. The number of guanidine groups is 1. The largest absolute Gasteiger partial charge is 0.497 e. The van der Waals surface area contributed by atoms with Crippen LogP contribution in [0.3, 0.4) is 0 Å². The highest BCUT2D eigenvalue weighted by Gasteiger charge is 2.05. The fourth-order valence-corrected chi connectivity index (χ4v) is 2.40. The summed E-state index contributed by atoms with van der Waals surface area (Å²) in [5.41, 5.74) is 2.32. The fourth-order valence-electron chi connectivity index (χ4n) is 2.40. The lowest BCUT2D eigenvalue weighted by Crippen LogP contribution is -2.37. The maximum absolute atomic E-state index is 5.40. The van der Waals surface area contributed by atoms with Crippen LogP contribution in [-0.4, -0.2) is 33.8 Å². The molecular formula is C19H26IN3O2. The molecule has 0 spiro atoms. The Bertz CT molecular complexity index is 663. The highest BCUT2D eigenvalue weighted by atomic mass is 127. The minimum Gasteiger partial charge on any atom is -0.497 e. The molecule has 25 heavy (non-hydrogen) atoms. The SMILES string of the molecule is CN=C(NCCc1cc(OC)ccc1OC)NCc1ccccc1.I. The molecule has 0 heterocycles. The topological polar surface area (TPSA) is 54.9 Å². The van der Waals surface area contributed by atoms with Crippen LogP contribution in [0.15, 0.2) is 53.5 Å². The van der Waals surface area contributed by atoms with Gasteiger partial charge in [0.1, 0.15) is 11.5 Å². The molecule has 0 unspecified atom stereocenters. The van der Waals surface area contributed by atoms with Crippen LogP contribution >= 0.6 is 24.0 Å². The first-order valence-corrected chi connectivity index (χ1v) is 7.96. The fraction of sp³-hybridized carbons (Fsp3) is 0.316. The second-order valence-electron chi connectivity index (χ2n) is 5.27. The summed E-state index contributed by atoms with van der Waals surface area (Å²) < 4.78 is 10.7. The Balaban J connectivity index is 0.00000312. The number of ether oxygens (including phenoxy) is 2. The Kier molecular flexibility index (Phi) is 9.76. The van der Waals surface area contributed by atoms with Crippen LogP contribution in [0, 0.1) is 0 Å². The molecule has 0 atom stereocenters. The molecule has 2 N–H and O–H groups in total. The Hall–Kier alpha value is -1.96. The van der Waals surface area contributed by atoms with Crippen LogP contribution in [0.25, 0.3) is 0 Å². The third-order valence-corrected chi connectivity index (χ3v) is 3.70.